The average molecular weight is 246 g/mol. The van der Waals surface area contributed by atoms with Crippen molar-refractivity contribution in [3.05, 3.63) is 16.7 Å². The fourth-order valence-electron chi connectivity index (χ4n) is 1.16. The summed E-state index contributed by atoms with van der Waals surface area (Å²) in [4.78, 5) is 21.9. The molecule has 2 heterocycles. The monoisotopic (exact) mass is 245 g/mol. The molecule has 0 aliphatic heterocycles. The number of aromatic amines is 1. The smallest absolute Gasteiger partial charge is 0.279 e. The molecule has 0 bridgehead atoms. The molecule has 6 nitrogen and oxygen atoms in total. The van der Waals surface area contributed by atoms with E-state index in [2.05, 4.69) is 15.0 Å². The van der Waals surface area contributed by atoms with Crippen LogP contribution in [0.25, 0.3) is 11.2 Å². The quantitative estimate of drug-likeness (QED) is 0.766. The standard InChI is InChI=1S/C7H8ClN5OS/c8-1-2-15-13-3-10-5-4(13)6(14)12-7(9)11-5/h3H,1-2H2,(H3,9,11,12,14). The molecule has 0 unspecified atom stereocenters. The molecule has 0 atom stereocenters. The zero-order chi connectivity index (χ0) is 10.8. The first-order valence-corrected chi connectivity index (χ1v) is 5.62. The highest BCUT2D eigenvalue weighted by Crippen LogP contribution is 2.13. The van der Waals surface area contributed by atoms with E-state index in [1.54, 1.807) is 3.97 Å². The van der Waals surface area contributed by atoms with Gasteiger partial charge in [-0.25, -0.2) is 4.98 Å². The van der Waals surface area contributed by atoms with E-state index in [1.807, 2.05) is 0 Å². The molecule has 15 heavy (non-hydrogen) atoms. The summed E-state index contributed by atoms with van der Waals surface area (Å²) in [5.41, 5.74) is 5.84. The Morgan fingerprint density at radius 1 is 1.67 bits per heavy atom. The van der Waals surface area contributed by atoms with Gasteiger partial charge in [0.05, 0.1) is 0 Å². The van der Waals surface area contributed by atoms with E-state index in [0.29, 0.717) is 22.8 Å². The van der Waals surface area contributed by atoms with Gasteiger partial charge >= 0.3 is 0 Å². The Hall–Kier alpha value is -1.21. The zero-order valence-corrected chi connectivity index (χ0v) is 9.18. The highest BCUT2D eigenvalue weighted by Gasteiger charge is 2.09. The highest BCUT2D eigenvalue weighted by molar-refractivity contribution is 7.98. The topological polar surface area (TPSA) is 89.6 Å². The fraction of sp³-hybridized carbons (Fsp3) is 0.286. The fourth-order valence-corrected chi connectivity index (χ4v) is 2.04. The van der Waals surface area contributed by atoms with Crippen molar-refractivity contribution >= 4 is 40.7 Å². The largest absolute Gasteiger partial charge is 0.369 e. The van der Waals surface area contributed by atoms with Crippen LogP contribution in [0.3, 0.4) is 0 Å². The van der Waals surface area contributed by atoms with Crippen LogP contribution in [-0.4, -0.2) is 30.6 Å². The minimum atomic E-state index is -0.294. The normalized spacial score (nSPS) is 11.0. The van der Waals surface area contributed by atoms with E-state index in [-0.39, 0.29) is 11.5 Å². The van der Waals surface area contributed by atoms with Gasteiger partial charge in [-0.1, -0.05) is 0 Å². The third-order valence-corrected chi connectivity index (χ3v) is 3.06. The number of hydrogen-bond acceptors (Lipinski definition) is 5. The van der Waals surface area contributed by atoms with Crippen LogP contribution in [0.4, 0.5) is 5.95 Å². The summed E-state index contributed by atoms with van der Waals surface area (Å²) in [6.07, 6.45) is 1.53. The van der Waals surface area contributed by atoms with Gasteiger partial charge < -0.3 is 5.73 Å². The van der Waals surface area contributed by atoms with Crippen molar-refractivity contribution in [3.63, 3.8) is 0 Å². The van der Waals surface area contributed by atoms with E-state index < -0.39 is 0 Å². The Bertz CT molecular complexity index is 536. The van der Waals surface area contributed by atoms with Crippen LogP contribution < -0.4 is 11.3 Å². The summed E-state index contributed by atoms with van der Waals surface area (Å²) in [6.45, 7) is 0. The number of nitrogens with zero attached hydrogens (tertiary/aromatic N) is 3. The lowest BCUT2D eigenvalue weighted by atomic mass is 10.5. The number of imidazole rings is 1. The van der Waals surface area contributed by atoms with Crippen LogP contribution in [0.5, 0.6) is 0 Å². The summed E-state index contributed by atoms with van der Waals surface area (Å²) in [5, 5.41) is 0. The number of aromatic nitrogens is 4. The molecule has 3 N–H and O–H groups in total. The Kier molecular flexibility index (Phi) is 2.83. The second kappa shape index (κ2) is 4.11. The maximum absolute atomic E-state index is 11.6. The lowest BCUT2D eigenvalue weighted by Crippen LogP contribution is -2.12. The second-order valence-electron chi connectivity index (χ2n) is 2.72. The van der Waals surface area contributed by atoms with Gasteiger partial charge in [-0.3, -0.25) is 13.8 Å². The van der Waals surface area contributed by atoms with Crippen LogP contribution in [0, 0.1) is 0 Å². The molecule has 0 spiro atoms. The number of halogens is 1. The number of nitrogen functional groups attached to an aromatic ring is 1. The number of fused-ring (bicyclic) bond motifs is 1. The first kappa shape index (κ1) is 10.3. The second-order valence-corrected chi connectivity index (χ2v) is 4.15. The maximum atomic E-state index is 11.6. The molecule has 0 aliphatic rings. The van der Waals surface area contributed by atoms with E-state index in [0.717, 1.165) is 0 Å². The molecule has 0 fully saturated rings. The van der Waals surface area contributed by atoms with Crippen LogP contribution >= 0.6 is 23.5 Å². The van der Waals surface area contributed by atoms with Crippen LogP contribution in [-0.2, 0) is 0 Å². The maximum Gasteiger partial charge on any atom is 0.279 e. The van der Waals surface area contributed by atoms with E-state index >= 15 is 0 Å². The molecule has 2 aromatic rings. The van der Waals surface area contributed by atoms with Gasteiger partial charge in [0.15, 0.2) is 11.2 Å². The van der Waals surface area contributed by atoms with Gasteiger partial charge in [0.2, 0.25) is 5.95 Å². The average Bonchev–Trinajstić information content (AvgIpc) is 2.58. The predicted octanol–water partition coefficient (Wildman–Crippen LogP) is 0.437. The molecule has 0 saturated carbocycles. The number of nitrogens with two attached hydrogens (primary N) is 1. The van der Waals surface area contributed by atoms with E-state index in [1.165, 1.54) is 18.3 Å². The lowest BCUT2D eigenvalue weighted by Gasteiger charge is -1.99. The minimum Gasteiger partial charge on any atom is -0.369 e. The lowest BCUT2D eigenvalue weighted by molar-refractivity contribution is 1.16. The summed E-state index contributed by atoms with van der Waals surface area (Å²) >= 11 is 6.96. The summed E-state index contributed by atoms with van der Waals surface area (Å²) in [7, 11) is 0. The van der Waals surface area contributed by atoms with Crippen LogP contribution in [0.1, 0.15) is 0 Å². The Balaban J connectivity index is 2.54. The van der Waals surface area contributed by atoms with Crippen LogP contribution in [0.15, 0.2) is 11.1 Å². The van der Waals surface area contributed by atoms with Gasteiger partial charge in [-0.05, 0) is 11.9 Å². The van der Waals surface area contributed by atoms with Crippen molar-refractivity contribution in [2.45, 2.75) is 0 Å². The Labute approximate surface area is 94.0 Å². The molecular formula is C7H8ClN5OS. The van der Waals surface area contributed by atoms with Gasteiger partial charge in [0.1, 0.15) is 6.33 Å². The molecule has 0 amide bonds. The van der Waals surface area contributed by atoms with Crippen molar-refractivity contribution in [2.24, 2.45) is 0 Å². The van der Waals surface area contributed by atoms with Crippen molar-refractivity contribution in [1.82, 2.24) is 18.9 Å². The molecule has 0 radical (unpaired) electrons. The van der Waals surface area contributed by atoms with Gasteiger partial charge in [-0.2, -0.15) is 4.98 Å². The number of alkyl halides is 1. The van der Waals surface area contributed by atoms with E-state index in [4.69, 9.17) is 17.3 Å². The Morgan fingerprint density at radius 2 is 2.47 bits per heavy atom. The molecule has 0 aromatic carbocycles. The molecular weight excluding hydrogens is 238 g/mol. The number of hydrogen-bond donors (Lipinski definition) is 2. The molecule has 80 valence electrons. The van der Waals surface area contributed by atoms with E-state index in [9.17, 15) is 4.79 Å². The minimum absolute atomic E-state index is 0.0695. The number of H-pyrrole nitrogens is 1. The summed E-state index contributed by atoms with van der Waals surface area (Å²) in [6, 6.07) is 0. The Morgan fingerprint density at radius 3 is 3.20 bits per heavy atom. The first-order chi connectivity index (χ1) is 7.22. The SMILES string of the molecule is Nc1nc2ncn(SCCCl)c2c(=O)[nH]1. The third-order valence-electron chi connectivity index (χ3n) is 1.71. The van der Waals surface area contributed by atoms with Crippen molar-refractivity contribution in [3.8, 4) is 0 Å². The molecule has 2 rings (SSSR count). The zero-order valence-electron chi connectivity index (χ0n) is 7.61. The highest BCUT2D eigenvalue weighted by atomic mass is 35.5. The first-order valence-electron chi connectivity index (χ1n) is 4.14. The third kappa shape index (κ3) is 1.93. The molecule has 0 saturated heterocycles. The number of nitrogens with one attached hydrogen (secondary N) is 1. The number of rotatable bonds is 3. The van der Waals surface area contributed by atoms with Crippen molar-refractivity contribution in [1.29, 1.82) is 0 Å². The summed E-state index contributed by atoms with van der Waals surface area (Å²) < 4.78 is 1.64. The number of anilines is 1. The molecule has 0 aliphatic carbocycles. The summed E-state index contributed by atoms with van der Waals surface area (Å²) in [5.74, 6) is 1.27. The van der Waals surface area contributed by atoms with Crippen molar-refractivity contribution in [2.75, 3.05) is 17.4 Å². The van der Waals surface area contributed by atoms with Gasteiger partial charge in [0.25, 0.3) is 5.56 Å². The molecule has 2 aromatic heterocycles. The predicted molar refractivity (Wildman–Crippen MR) is 61.1 cm³/mol. The van der Waals surface area contributed by atoms with Crippen molar-refractivity contribution < 1.29 is 0 Å². The van der Waals surface area contributed by atoms with Gasteiger partial charge in [0, 0.05) is 11.6 Å². The van der Waals surface area contributed by atoms with Gasteiger partial charge in [-0.15, -0.1) is 11.6 Å². The molecule has 8 heteroatoms. The van der Waals surface area contributed by atoms with Crippen LogP contribution in [0.2, 0.25) is 0 Å².